The maximum absolute atomic E-state index is 9.35. The molecule has 0 aromatic heterocycles. The average Bonchev–Trinajstić information content (AvgIpc) is 2.28. The molecule has 1 aliphatic rings. The molecule has 1 fully saturated rings. The van der Waals surface area contributed by atoms with Gasteiger partial charge in [-0.3, -0.25) is 0 Å². The van der Waals surface area contributed by atoms with Crippen LogP contribution in [0.4, 0.5) is 0 Å². The highest BCUT2D eigenvalue weighted by Crippen LogP contribution is 2.25. The minimum absolute atomic E-state index is 0.127. The molecule has 0 aliphatic carbocycles. The second kappa shape index (κ2) is 6.74. The van der Waals surface area contributed by atoms with Crippen LogP contribution in [0.5, 0.6) is 0 Å². The van der Waals surface area contributed by atoms with Gasteiger partial charge < -0.3 is 15.2 Å². The van der Waals surface area contributed by atoms with E-state index in [1.807, 2.05) is 11.8 Å². The first-order valence-corrected chi connectivity index (χ1v) is 6.80. The second-order valence-corrected chi connectivity index (χ2v) is 5.66. The minimum Gasteiger partial charge on any atom is -0.394 e. The zero-order valence-electron chi connectivity index (χ0n) is 9.79. The third-order valence-electron chi connectivity index (χ3n) is 2.76. The average molecular weight is 233 g/mol. The first-order chi connectivity index (χ1) is 7.20. The summed E-state index contributed by atoms with van der Waals surface area (Å²) < 4.78 is 5.33. The summed E-state index contributed by atoms with van der Waals surface area (Å²) >= 11 is 1.97. The van der Waals surface area contributed by atoms with Crippen LogP contribution < -0.4 is 5.32 Å². The molecule has 0 spiro atoms. The molecule has 1 heterocycles. The van der Waals surface area contributed by atoms with E-state index in [0.29, 0.717) is 5.25 Å². The van der Waals surface area contributed by atoms with Crippen LogP contribution in [0.15, 0.2) is 0 Å². The fraction of sp³-hybridized carbons (Fsp3) is 1.00. The zero-order valence-corrected chi connectivity index (χ0v) is 10.6. The zero-order chi connectivity index (χ0) is 11.1. The van der Waals surface area contributed by atoms with Crippen LogP contribution in [0.1, 0.15) is 26.7 Å². The fourth-order valence-corrected chi connectivity index (χ4v) is 3.05. The van der Waals surface area contributed by atoms with Gasteiger partial charge in [0.25, 0.3) is 0 Å². The molecular weight excluding hydrogens is 210 g/mol. The fourth-order valence-electron chi connectivity index (χ4n) is 1.72. The van der Waals surface area contributed by atoms with Crippen molar-refractivity contribution in [2.24, 2.45) is 0 Å². The first-order valence-electron chi connectivity index (χ1n) is 5.75. The Morgan fingerprint density at radius 3 is 2.67 bits per heavy atom. The van der Waals surface area contributed by atoms with Crippen molar-refractivity contribution >= 4 is 11.8 Å². The van der Waals surface area contributed by atoms with Gasteiger partial charge in [0.05, 0.1) is 6.61 Å². The van der Waals surface area contributed by atoms with Gasteiger partial charge in [0.15, 0.2) is 0 Å². The van der Waals surface area contributed by atoms with Crippen molar-refractivity contribution in [2.45, 2.75) is 37.5 Å². The van der Waals surface area contributed by atoms with Crippen LogP contribution >= 0.6 is 11.8 Å². The maximum atomic E-state index is 9.35. The van der Waals surface area contributed by atoms with E-state index >= 15 is 0 Å². The van der Waals surface area contributed by atoms with Gasteiger partial charge in [-0.15, -0.1) is 0 Å². The van der Waals surface area contributed by atoms with Crippen LogP contribution in [0, 0.1) is 0 Å². The van der Waals surface area contributed by atoms with Crippen LogP contribution in [-0.2, 0) is 4.74 Å². The van der Waals surface area contributed by atoms with Crippen LogP contribution in [0.2, 0.25) is 0 Å². The predicted molar refractivity (Wildman–Crippen MR) is 65.5 cm³/mol. The third-order valence-corrected chi connectivity index (χ3v) is 4.51. The molecule has 2 N–H and O–H groups in total. The van der Waals surface area contributed by atoms with Crippen molar-refractivity contribution in [2.75, 3.05) is 32.1 Å². The van der Waals surface area contributed by atoms with E-state index in [0.717, 1.165) is 38.4 Å². The molecule has 15 heavy (non-hydrogen) atoms. The number of hydrogen-bond donors (Lipinski definition) is 2. The molecule has 0 amide bonds. The molecule has 1 unspecified atom stereocenters. The lowest BCUT2D eigenvalue weighted by atomic mass is 10.1. The summed E-state index contributed by atoms with van der Waals surface area (Å²) in [4.78, 5) is 0. The third kappa shape index (κ3) is 4.72. The molecular formula is C11H23NO2S. The van der Waals surface area contributed by atoms with E-state index in [1.54, 1.807) is 0 Å². The van der Waals surface area contributed by atoms with E-state index in [1.165, 1.54) is 0 Å². The van der Waals surface area contributed by atoms with Gasteiger partial charge in [-0.25, -0.2) is 0 Å². The standard InChI is InChI=1S/C11H23NO2S/c1-3-12-11(2,8-13)9-15-10-4-6-14-7-5-10/h10,12-13H,3-9H2,1-2H3. The summed E-state index contributed by atoms with van der Waals surface area (Å²) in [6.07, 6.45) is 2.30. The molecule has 0 aromatic rings. The van der Waals surface area contributed by atoms with Gasteiger partial charge in [-0.05, 0) is 26.3 Å². The highest BCUT2D eigenvalue weighted by Gasteiger charge is 2.24. The summed E-state index contributed by atoms with van der Waals surface area (Å²) in [7, 11) is 0. The molecule has 0 aromatic carbocycles. The summed E-state index contributed by atoms with van der Waals surface area (Å²) in [5, 5.41) is 13.4. The van der Waals surface area contributed by atoms with Crippen molar-refractivity contribution < 1.29 is 9.84 Å². The Kier molecular flexibility index (Phi) is 5.97. The molecule has 0 bridgehead atoms. The molecule has 1 saturated heterocycles. The smallest absolute Gasteiger partial charge is 0.0618 e. The van der Waals surface area contributed by atoms with Crippen LogP contribution in [0.3, 0.4) is 0 Å². The maximum Gasteiger partial charge on any atom is 0.0618 e. The van der Waals surface area contributed by atoms with Crippen molar-refractivity contribution in [3.8, 4) is 0 Å². The lowest BCUT2D eigenvalue weighted by Gasteiger charge is -2.31. The summed E-state index contributed by atoms with van der Waals surface area (Å²) in [5.41, 5.74) is -0.127. The van der Waals surface area contributed by atoms with E-state index in [9.17, 15) is 5.11 Å². The van der Waals surface area contributed by atoms with Crippen molar-refractivity contribution in [3.63, 3.8) is 0 Å². The molecule has 0 radical (unpaired) electrons. The Balaban J connectivity index is 2.25. The Hall–Kier alpha value is 0.230. The number of rotatable bonds is 6. The first kappa shape index (κ1) is 13.3. The minimum atomic E-state index is -0.127. The Morgan fingerprint density at radius 1 is 1.47 bits per heavy atom. The lowest BCUT2D eigenvalue weighted by molar-refractivity contribution is 0.0998. The number of aliphatic hydroxyl groups excluding tert-OH is 1. The molecule has 1 atom stereocenters. The highest BCUT2D eigenvalue weighted by molar-refractivity contribution is 8.00. The molecule has 1 rings (SSSR count). The number of aliphatic hydroxyl groups is 1. The largest absolute Gasteiger partial charge is 0.394 e. The SMILES string of the molecule is CCNC(C)(CO)CSC1CCOCC1. The predicted octanol–water partition coefficient (Wildman–Crippen LogP) is 1.26. The van der Waals surface area contributed by atoms with Gasteiger partial charge in [-0.2, -0.15) is 11.8 Å². The summed E-state index contributed by atoms with van der Waals surface area (Å²) in [6.45, 7) is 7.07. The van der Waals surface area contributed by atoms with E-state index in [4.69, 9.17) is 4.74 Å². The number of hydrogen-bond acceptors (Lipinski definition) is 4. The molecule has 90 valence electrons. The second-order valence-electron chi connectivity index (χ2n) is 4.37. The Bertz CT molecular complexity index is 174. The van der Waals surface area contributed by atoms with Gasteiger partial charge >= 0.3 is 0 Å². The van der Waals surface area contributed by atoms with Crippen molar-refractivity contribution in [1.29, 1.82) is 0 Å². The number of nitrogens with one attached hydrogen (secondary N) is 1. The van der Waals surface area contributed by atoms with Crippen LogP contribution in [0.25, 0.3) is 0 Å². The molecule has 3 nitrogen and oxygen atoms in total. The monoisotopic (exact) mass is 233 g/mol. The van der Waals surface area contributed by atoms with Crippen molar-refractivity contribution in [1.82, 2.24) is 5.32 Å². The van der Waals surface area contributed by atoms with E-state index in [-0.39, 0.29) is 12.1 Å². The van der Waals surface area contributed by atoms with E-state index < -0.39 is 0 Å². The Labute approximate surface area is 97.0 Å². The van der Waals surface area contributed by atoms with Gasteiger partial charge in [0.1, 0.15) is 0 Å². The number of thioether (sulfide) groups is 1. The van der Waals surface area contributed by atoms with E-state index in [2.05, 4.69) is 19.2 Å². The molecule has 1 aliphatic heterocycles. The molecule has 4 heteroatoms. The van der Waals surface area contributed by atoms with Crippen LogP contribution in [-0.4, -0.2) is 48.0 Å². The Morgan fingerprint density at radius 2 is 2.13 bits per heavy atom. The summed E-state index contributed by atoms with van der Waals surface area (Å²) in [5.74, 6) is 0.974. The number of likely N-dealkylation sites (N-methyl/N-ethyl adjacent to an activating group) is 1. The topological polar surface area (TPSA) is 41.5 Å². The van der Waals surface area contributed by atoms with Gasteiger partial charge in [0, 0.05) is 29.8 Å². The van der Waals surface area contributed by atoms with Gasteiger partial charge in [-0.1, -0.05) is 6.92 Å². The lowest BCUT2D eigenvalue weighted by Crippen LogP contribution is -2.48. The normalized spacial score (nSPS) is 22.6. The molecule has 0 saturated carbocycles. The van der Waals surface area contributed by atoms with Gasteiger partial charge in [0.2, 0.25) is 0 Å². The highest BCUT2D eigenvalue weighted by atomic mass is 32.2. The summed E-state index contributed by atoms with van der Waals surface area (Å²) in [6, 6.07) is 0. The quantitative estimate of drug-likeness (QED) is 0.725. The van der Waals surface area contributed by atoms with Crippen molar-refractivity contribution in [3.05, 3.63) is 0 Å². The number of ether oxygens (including phenoxy) is 1.